The molecule has 0 spiro atoms. The van der Waals surface area contributed by atoms with Crippen LogP contribution in [-0.2, 0) is 29.3 Å². The number of sulfone groups is 1. The second kappa shape index (κ2) is 9.20. The highest BCUT2D eigenvalue weighted by Crippen LogP contribution is 2.22. The molecule has 0 radical (unpaired) electrons. The molecule has 3 rings (SSSR count). The number of aromatic nitrogens is 2. The Labute approximate surface area is 168 Å². The molecule has 0 bridgehead atoms. The van der Waals surface area contributed by atoms with E-state index in [0.717, 1.165) is 38.0 Å². The normalized spacial score (nSPS) is 18.6. The smallest absolute Gasteiger partial charge is 0.228 e. The van der Waals surface area contributed by atoms with Gasteiger partial charge in [0.2, 0.25) is 15.0 Å². The topological polar surface area (TPSA) is 75.4 Å². The van der Waals surface area contributed by atoms with Gasteiger partial charge in [0, 0.05) is 26.2 Å². The Morgan fingerprint density at radius 2 is 2.00 bits per heavy atom. The summed E-state index contributed by atoms with van der Waals surface area (Å²) < 4.78 is 27.6. The average molecular weight is 406 g/mol. The Hall–Kier alpha value is -1.70. The summed E-state index contributed by atoms with van der Waals surface area (Å²) >= 11 is 0. The molecule has 0 unspecified atom stereocenters. The summed E-state index contributed by atoms with van der Waals surface area (Å²) in [6.45, 7) is 6.64. The zero-order chi connectivity index (χ0) is 20.1. The predicted octanol–water partition coefficient (Wildman–Crippen LogP) is 2.51. The minimum absolute atomic E-state index is 0.171. The Morgan fingerprint density at radius 3 is 2.68 bits per heavy atom. The van der Waals surface area contributed by atoms with Crippen LogP contribution >= 0.6 is 0 Å². The summed E-state index contributed by atoms with van der Waals surface area (Å²) in [4.78, 5) is 6.62. The van der Waals surface area contributed by atoms with E-state index in [4.69, 9.17) is 0 Å². The number of hydrogen-bond donors (Lipinski definition) is 1. The lowest BCUT2D eigenvalue weighted by molar-refractivity contribution is 0.114. The summed E-state index contributed by atoms with van der Waals surface area (Å²) in [6, 6.07) is 10.1. The number of imidazole rings is 1. The van der Waals surface area contributed by atoms with E-state index in [1.165, 1.54) is 5.56 Å². The van der Waals surface area contributed by atoms with E-state index in [2.05, 4.69) is 22.0 Å². The molecular weight excluding hydrogens is 374 g/mol. The van der Waals surface area contributed by atoms with Crippen molar-refractivity contribution in [1.29, 1.82) is 0 Å². The van der Waals surface area contributed by atoms with Crippen LogP contribution in [0.15, 0.2) is 41.7 Å². The van der Waals surface area contributed by atoms with Gasteiger partial charge in [0.25, 0.3) is 0 Å². The number of hydrogen-bond acceptors (Lipinski definition) is 5. The van der Waals surface area contributed by atoms with Crippen LogP contribution in [0.4, 0.5) is 0 Å². The highest BCUT2D eigenvalue weighted by molar-refractivity contribution is 7.91. The fourth-order valence-electron chi connectivity index (χ4n) is 3.75. The van der Waals surface area contributed by atoms with E-state index >= 15 is 0 Å². The molecule has 1 saturated heterocycles. The van der Waals surface area contributed by atoms with Crippen LogP contribution in [0.1, 0.15) is 37.9 Å². The molecule has 0 amide bonds. The van der Waals surface area contributed by atoms with Crippen molar-refractivity contribution in [2.45, 2.75) is 56.6 Å². The molecule has 1 fully saturated rings. The van der Waals surface area contributed by atoms with Gasteiger partial charge < -0.3 is 9.67 Å². The molecule has 0 saturated carbocycles. The van der Waals surface area contributed by atoms with Crippen LogP contribution in [0.5, 0.6) is 0 Å². The number of likely N-dealkylation sites (tertiary alicyclic amines) is 1. The van der Waals surface area contributed by atoms with Crippen molar-refractivity contribution >= 4 is 9.84 Å². The number of aliphatic hydroxyl groups is 1. The van der Waals surface area contributed by atoms with Crippen molar-refractivity contribution in [2.75, 3.05) is 19.7 Å². The van der Waals surface area contributed by atoms with Crippen molar-refractivity contribution in [2.24, 2.45) is 5.92 Å². The summed E-state index contributed by atoms with van der Waals surface area (Å²) in [5.74, 6) is 0.299. The van der Waals surface area contributed by atoms with Crippen LogP contribution in [0.25, 0.3) is 0 Å². The van der Waals surface area contributed by atoms with E-state index in [-0.39, 0.29) is 11.8 Å². The Kier molecular flexibility index (Phi) is 6.91. The number of rotatable bonds is 8. The SMILES string of the molecule is CC(C)S(=O)(=O)c1ncc(CN2CCC[C@@H](CO)C2)n1CCc1ccccc1. The van der Waals surface area contributed by atoms with E-state index in [0.29, 0.717) is 19.0 Å². The molecule has 2 heterocycles. The van der Waals surface area contributed by atoms with Crippen LogP contribution in [0, 0.1) is 5.92 Å². The third-order valence-electron chi connectivity index (χ3n) is 5.49. The molecule has 1 aromatic carbocycles. The number of benzene rings is 1. The monoisotopic (exact) mass is 405 g/mol. The third kappa shape index (κ3) is 4.82. The largest absolute Gasteiger partial charge is 0.396 e. The van der Waals surface area contributed by atoms with Gasteiger partial charge in [0.15, 0.2) is 0 Å². The number of piperidine rings is 1. The first-order valence-electron chi connectivity index (χ1n) is 10.1. The molecule has 1 aliphatic rings. The van der Waals surface area contributed by atoms with Crippen LogP contribution in [-0.4, -0.2) is 52.9 Å². The van der Waals surface area contributed by atoms with Crippen LogP contribution in [0.2, 0.25) is 0 Å². The zero-order valence-electron chi connectivity index (χ0n) is 16.8. The van der Waals surface area contributed by atoms with Crippen molar-refractivity contribution in [1.82, 2.24) is 14.5 Å². The minimum atomic E-state index is -3.45. The van der Waals surface area contributed by atoms with Crippen LogP contribution in [0.3, 0.4) is 0 Å². The van der Waals surface area contributed by atoms with E-state index in [9.17, 15) is 13.5 Å². The average Bonchev–Trinajstić information content (AvgIpc) is 3.10. The highest BCUT2D eigenvalue weighted by atomic mass is 32.2. The van der Waals surface area contributed by atoms with Crippen molar-refractivity contribution < 1.29 is 13.5 Å². The molecule has 1 aromatic heterocycles. The first-order chi connectivity index (χ1) is 13.4. The minimum Gasteiger partial charge on any atom is -0.396 e. The Balaban J connectivity index is 1.85. The first-order valence-corrected chi connectivity index (χ1v) is 11.6. The molecule has 154 valence electrons. The van der Waals surface area contributed by atoms with Gasteiger partial charge >= 0.3 is 0 Å². The highest BCUT2D eigenvalue weighted by Gasteiger charge is 2.28. The molecule has 1 aliphatic heterocycles. The quantitative estimate of drug-likeness (QED) is 0.730. The summed E-state index contributed by atoms with van der Waals surface area (Å²) in [5.41, 5.74) is 2.10. The second-order valence-electron chi connectivity index (χ2n) is 7.94. The van der Waals surface area contributed by atoms with Gasteiger partial charge in [-0.3, -0.25) is 4.90 Å². The lowest BCUT2D eigenvalue weighted by atomic mass is 9.99. The molecule has 28 heavy (non-hydrogen) atoms. The fraction of sp³-hybridized carbons (Fsp3) is 0.571. The lowest BCUT2D eigenvalue weighted by Gasteiger charge is -2.31. The fourth-order valence-corrected chi connectivity index (χ4v) is 4.89. The molecule has 2 aromatic rings. The maximum absolute atomic E-state index is 12.8. The van der Waals surface area contributed by atoms with Crippen molar-refractivity contribution in [3.8, 4) is 0 Å². The Morgan fingerprint density at radius 1 is 1.25 bits per heavy atom. The number of aliphatic hydroxyl groups excluding tert-OH is 1. The van der Waals surface area contributed by atoms with Gasteiger partial charge in [-0.1, -0.05) is 30.3 Å². The molecule has 7 heteroatoms. The van der Waals surface area contributed by atoms with Crippen LogP contribution < -0.4 is 0 Å². The standard InChI is InChI=1S/C21H31N3O3S/c1-17(2)28(26,27)21-22-13-20(15-23-11-6-9-19(14-23)16-25)24(21)12-10-18-7-4-3-5-8-18/h3-5,7-8,13,17,19,25H,6,9-12,14-16H2,1-2H3/t19-/m1/s1. The van der Waals surface area contributed by atoms with Gasteiger partial charge in [0.05, 0.1) is 17.1 Å². The number of nitrogens with zero attached hydrogens (tertiary/aromatic N) is 3. The maximum atomic E-state index is 12.8. The van der Waals surface area contributed by atoms with Crippen molar-refractivity contribution in [3.05, 3.63) is 47.8 Å². The summed E-state index contributed by atoms with van der Waals surface area (Å²) in [5, 5.41) is 9.15. The van der Waals surface area contributed by atoms with Gasteiger partial charge in [-0.15, -0.1) is 0 Å². The number of aryl methyl sites for hydroxylation is 1. The lowest BCUT2D eigenvalue weighted by Crippen LogP contribution is -2.37. The Bertz CT molecular complexity index is 862. The molecular formula is C21H31N3O3S. The van der Waals surface area contributed by atoms with Gasteiger partial charge in [-0.05, 0) is 51.1 Å². The molecule has 6 nitrogen and oxygen atoms in total. The van der Waals surface area contributed by atoms with Crippen molar-refractivity contribution in [3.63, 3.8) is 0 Å². The molecule has 1 N–H and O–H groups in total. The molecule has 0 aliphatic carbocycles. The third-order valence-corrected chi connectivity index (χ3v) is 7.57. The summed E-state index contributed by atoms with van der Waals surface area (Å²) in [6.07, 6.45) is 4.57. The maximum Gasteiger partial charge on any atom is 0.228 e. The second-order valence-corrected chi connectivity index (χ2v) is 10.3. The van der Waals surface area contributed by atoms with Gasteiger partial charge in [0.1, 0.15) is 0 Å². The van der Waals surface area contributed by atoms with E-state index in [1.54, 1.807) is 20.0 Å². The van der Waals surface area contributed by atoms with Gasteiger partial charge in [-0.2, -0.15) is 0 Å². The first kappa shape index (κ1) is 21.0. The summed E-state index contributed by atoms with van der Waals surface area (Å²) in [7, 11) is -3.45. The molecule has 1 atom stereocenters. The van der Waals surface area contributed by atoms with E-state index < -0.39 is 15.1 Å². The van der Waals surface area contributed by atoms with E-state index in [1.807, 2.05) is 22.8 Å². The van der Waals surface area contributed by atoms with Gasteiger partial charge in [-0.25, -0.2) is 13.4 Å². The zero-order valence-corrected chi connectivity index (χ0v) is 17.6. The predicted molar refractivity (Wildman–Crippen MR) is 110 cm³/mol.